The highest BCUT2D eigenvalue weighted by Crippen LogP contribution is 2.28. The van der Waals surface area contributed by atoms with E-state index in [-0.39, 0.29) is 18.3 Å². The molecule has 21 heavy (non-hydrogen) atoms. The van der Waals surface area contributed by atoms with Crippen molar-refractivity contribution < 1.29 is 4.79 Å². The summed E-state index contributed by atoms with van der Waals surface area (Å²) in [6.07, 6.45) is 1.04. The first-order valence-electron chi connectivity index (χ1n) is 6.52. The van der Waals surface area contributed by atoms with Crippen molar-refractivity contribution >= 4 is 46.9 Å². The molecule has 6 heteroatoms. The van der Waals surface area contributed by atoms with Gasteiger partial charge in [0.15, 0.2) is 0 Å². The predicted octanol–water partition coefficient (Wildman–Crippen LogP) is 4.03. The van der Waals surface area contributed by atoms with Crippen molar-refractivity contribution in [3.8, 4) is 0 Å². The minimum atomic E-state index is -0.142. The fourth-order valence-corrected chi connectivity index (χ4v) is 3.50. The van der Waals surface area contributed by atoms with Crippen molar-refractivity contribution in [1.29, 1.82) is 0 Å². The Bertz CT molecular complexity index is 670. The maximum absolute atomic E-state index is 12.2. The summed E-state index contributed by atoms with van der Waals surface area (Å²) in [4.78, 5) is 12.8. The third-order valence-electron chi connectivity index (χ3n) is 3.46. The van der Waals surface area contributed by atoms with E-state index in [1.165, 1.54) is 22.5 Å². The Morgan fingerprint density at radius 3 is 2.90 bits per heavy atom. The third-order valence-corrected chi connectivity index (χ3v) is 5.15. The van der Waals surface area contributed by atoms with Gasteiger partial charge in [-0.3, -0.25) is 4.79 Å². The van der Waals surface area contributed by atoms with Crippen LogP contribution in [0.3, 0.4) is 0 Å². The first-order chi connectivity index (χ1) is 9.65. The van der Waals surface area contributed by atoms with Gasteiger partial charge in [-0.15, -0.1) is 23.7 Å². The average Bonchev–Trinajstić information content (AvgIpc) is 2.79. The van der Waals surface area contributed by atoms with Crippen LogP contribution >= 0.6 is 35.3 Å². The lowest BCUT2D eigenvalue weighted by Crippen LogP contribution is -2.23. The second kappa shape index (κ2) is 6.79. The summed E-state index contributed by atoms with van der Waals surface area (Å²) in [5, 5.41) is 8.70. The molecule has 0 saturated carbocycles. The molecule has 2 heterocycles. The fraction of sp³-hybridized carbons (Fsp3) is 0.267. The normalized spacial score (nSPS) is 13.2. The Labute approximate surface area is 139 Å². The third kappa shape index (κ3) is 3.40. The van der Waals surface area contributed by atoms with Gasteiger partial charge in [0, 0.05) is 12.2 Å². The lowest BCUT2D eigenvalue weighted by molar-refractivity contribution is 0.103. The number of rotatable bonds is 2. The van der Waals surface area contributed by atoms with Crippen molar-refractivity contribution in [2.24, 2.45) is 0 Å². The van der Waals surface area contributed by atoms with Crippen LogP contribution < -0.4 is 10.6 Å². The molecule has 0 aliphatic carbocycles. The zero-order valence-electron chi connectivity index (χ0n) is 11.5. The average molecular weight is 343 g/mol. The Morgan fingerprint density at radius 1 is 1.38 bits per heavy atom. The van der Waals surface area contributed by atoms with Crippen LogP contribution in [-0.4, -0.2) is 12.5 Å². The van der Waals surface area contributed by atoms with Crippen LogP contribution in [0.4, 0.5) is 5.69 Å². The first kappa shape index (κ1) is 16.3. The second-order valence-corrected chi connectivity index (χ2v) is 6.18. The number of thiophene rings is 1. The monoisotopic (exact) mass is 342 g/mol. The number of nitrogens with one attached hydrogen (secondary N) is 2. The summed E-state index contributed by atoms with van der Waals surface area (Å²) < 4.78 is 0. The lowest BCUT2D eigenvalue weighted by Gasteiger charge is -2.18. The molecule has 1 aromatic carbocycles. The van der Waals surface area contributed by atoms with Crippen molar-refractivity contribution in [3.05, 3.63) is 50.2 Å². The standard InChI is InChI=1S/C15H15ClN2OS.ClH/c1-9-8-20-14(13(9)16)15(19)18-12-3-2-10-4-5-17-7-11(10)6-12;/h2-3,6,8,17H,4-5,7H2,1H3,(H,18,19);1H. The molecule has 112 valence electrons. The maximum atomic E-state index is 12.2. The number of benzene rings is 1. The smallest absolute Gasteiger partial charge is 0.267 e. The van der Waals surface area contributed by atoms with E-state index in [1.54, 1.807) is 0 Å². The number of hydrogen-bond acceptors (Lipinski definition) is 3. The summed E-state index contributed by atoms with van der Waals surface area (Å²) in [5.41, 5.74) is 4.37. The van der Waals surface area contributed by atoms with Gasteiger partial charge in [0.25, 0.3) is 5.91 Å². The van der Waals surface area contributed by atoms with Crippen LogP contribution in [0.1, 0.15) is 26.4 Å². The van der Waals surface area contributed by atoms with E-state index >= 15 is 0 Å². The quantitative estimate of drug-likeness (QED) is 0.864. The van der Waals surface area contributed by atoms with Gasteiger partial charge in [0.05, 0.1) is 5.02 Å². The van der Waals surface area contributed by atoms with E-state index in [9.17, 15) is 4.79 Å². The van der Waals surface area contributed by atoms with Crippen LogP contribution in [-0.2, 0) is 13.0 Å². The number of halogens is 2. The molecule has 0 fully saturated rings. The SMILES string of the molecule is Cc1csc(C(=O)Nc2ccc3c(c2)CNCC3)c1Cl.Cl. The van der Waals surface area contributed by atoms with Crippen LogP contribution in [0.15, 0.2) is 23.6 Å². The van der Waals surface area contributed by atoms with Crippen LogP contribution in [0.2, 0.25) is 5.02 Å². The number of anilines is 1. The minimum absolute atomic E-state index is 0. The van der Waals surface area contributed by atoms with Crippen molar-refractivity contribution in [1.82, 2.24) is 5.32 Å². The van der Waals surface area contributed by atoms with Gasteiger partial charge >= 0.3 is 0 Å². The summed E-state index contributed by atoms with van der Waals surface area (Å²) in [6, 6.07) is 6.08. The van der Waals surface area contributed by atoms with Gasteiger partial charge in [-0.2, -0.15) is 0 Å². The Morgan fingerprint density at radius 2 is 2.19 bits per heavy atom. The number of fused-ring (bicyclic) bond motifs is 1. The largest absolute Gasteiger partial charge is 0.321 e. The summed E-state index contributed by atoms with van der Waals surface area (Å²) in [5.74, 6) is -0.142. The van der Waals surface area contributed by atoms with E-state index in [2.05, 4.69) is 16.7 Å². The molecule has 2 aromatic rings. The van der Waals surface area contributed by atoms with E-state index in [4.69, 9.17) is 11.6 Å². The molecule has 2 N–H and O–H groups in total. The van der Waals surface area contributed by atoms with E-state index in [1.807, 2.05) is 24.4 Å². The molecular formula is C15H16Cl2N2OS. The number of hydrogen-bond donors (Lipinski definition) is 2. The number of carbonyl (C=O) groups is 1. The molecule has 1 aromatic heterocycles. The number of aryl methyl sites for hydroxylation is 1. The molecule has 3 nitrogen and oxygen atoms in total. The lowest BCUT2D eigenvalue weighted by atomic mass is 10.0. The Balaban J connectivity index is 0.00000161. The summed E-state index contributed by atoms with van der Waals surface area (Å²) in [6.45, 7) is 3.78. The number of carbonyl (C=O) groups excluding carboxylic acids is 1. The molecule has 3 rings (SSSR count). The topological polar surface area (TPSA) is 41.1 Å². The van der Waals surface area contributed by atoms with Gasteiger partial charge in [-0.25, -0.2) is 0 Å². The molecule has 0 atom stereocenters. The van der Waals surface area contributed by atoms with Gasteiger partial charge in [0.1, 0.15) is 4.88 Å². The fourth-order valence-electron chi connectivity index (χ4n) is 2.33. The predicted molar refractivity (Wildman–Crippen MR) is 91.1 cm³/mol. The van der Waals surface area contributed by atoms with E-state index < -0.39 is 0 Å². The van der Waals surface area contributed by atoms with Crippen molar-refractivity contribution in [2.75, 3.05) is 11.9 Å². The zero-order chi connectivity index (χ0) is 14.1. The Hall–Kier alpha value is -1.07. The van der Waals surface area contributed by atoms with Crippen LogP contribution in [0, 0.1) is 6.92 Å². The molecule has 0 bridgehead atoms. The van der Waals surface area contributed by atoms with Crippen molar-refractivity contribution in [3.63, 3.8) is 0 Å². The molecule has 0 saturated heterocycles. The van der Waals surface area contributed by atoms with Crippen molar-refractivity contribution in [2.45, 2.75) is 19.9 Å². The summed E-state index contributed by atoms with van der Waals surface area (Å²) in [7, 11) is 0. The van der Waals surface area contributed by atoms with Gasteiger partial charge in [-0.1, -0.05) is 17.7 Å². The number of amides is 1. The Kier molecular flexibility index (Phi) is 5.27. The maximum Gasteiger partial charge on any atom is 0.267 e. The van der Waals surface area contributed by atoms with Gasteiger partial charge in [0.2, 0.25) is 0 Å². The molecular weight excluding hydrogens is 327 g/mol. The summed E-state index contributed by atoms with van der Waals surface area (Å²) >= 11 is 7.50. The van der Waals surface area contributed by atoms with E-state index in [0.29, 0.717) is 9.90 Å². The highest BCUT2D eigenvalue weighted by molar-refractivity contribution is 7.13. The highest BCUT2D eigenvalue weighted by atomic mass is 35.5. The minimum Gasteiger partial charge on any atom is -0.321 e. The molecule has 0 radical (unpaired) electrons. The highest BCUT2D eigenvalue weighted by Gasteiger charge is 2.16. The zero-order valence-corrected chi connectivity index (χ0v) is 13.9. The molecule has 0 unspecified atom stereocenters. The first-order valence-corrected chi connectivity index (χ1v) is 7.78. The van der Waals surface area contributed by atoms with Crippen LogP contribution in [0.25, 0.3) is 0 Å². The van der Waals surface area contributed by atoms with Gasteiger partial charge < -0.3 is 10.6 Å². The molecule has 0 spiro atoms. The van der Waals surface area contributed by atoms with E-state index in [0.717, 1.165) is 30.8 Å². The van der Waals surface area contributed by atoms with Crippen LogP contribution in [0.5, 0.6) is 0 Å². The molecule has 1 aliphatic heterocycles. The molecule has 1 amide bonds. The van der Waals surface area contributed by atoms with Gasteiger partial charge in [-0.05, 0) is 54.1 Å². The molecule has 1 aliphatic rings. The second-order valence-electron chi connectivity index (χ2n) is 4.93.